The largest absolute Gasteiger partial charge is 0.462 e. The maximum absolute atomic E-state index is 12.9. The molecule has 0 amide bonds. The number of aliphatic hydroxyl groups is 1. The van der Waals surface area contributed by atoms with E-state index in [9.17, 15) is 36.2 Å². The predicted octanol–water partition coefficient (Wildman–Crippen LogP) is 5.55. The highest BCUT2D eigenvalue weighted by atomic mass is 19.4. The van der Waals surface area contributed by atoms with E-state index in [0.29, 0.717) is 19.3 Å². The molecule has 9 heteroatoms. The highest BCUT2D eigenvalue weighted by molar-refractivity contribution is 5.76. The van der Waals surface area contributed by atoms with Gasteiger partial charge in [-0.1, -0.05) is 26.2 Å². The molecule has 27 heavy (non-hydrogen) atoms. The molecule has 0 aromatic carbocycles. The Balaban J connectivity index is 3.01. The third kappa shape index (κ3) is 5.74. The molecule has 0 aromatic heterocycles. The lowest BCUT2D eigenvalue weighted by Crippen LogP contribution is -2.57. The summed E-state index contributed by atoms with van der Waals surface area (Å²) < 4.78 is 82.9. The Hall–Kier alpha value is -0.990. The van der Waals surface area contributed by atoms with Gasteiger partial charge in [0.2, 0.25) is 0 Å². The van der Waals surface area contributed by atoms with Crippen molar-refractivity contribution in [2.45, 2.75) is 96.2 Å². The summed E-state index contributed by atoms with van der Waals surface area (Å²) in [4.78, 5) is 12.3. The van der Waals surface area contributed by atoms with Crippen LogP contribution in [-0.4, -0.2) is 35.1 Å². The van der Waals surface area contributed by atoms with Crippen LogP contribution in [-0.2, 0) is 9.53 Å². The molecule has 1 atom stereocenters. The van der Waals surface area contributed by atoms with E-state index in [1.54, 1.807) is 20.8 Å². The van der Waals surface area contributed by atoms with Crippen LogP contribution in [0.25, 0.3) is 0 Å². The second kappa shape index (κ2) is 8.57. The van der Waals surface area contributed by atoms with Gasteiger partial charge in [-0.15, -0.1) is 0 Å². The van der Waals surface area contributed by atoms with Gasteiger partial charge in [0.1, 0.15) is 6.10 Å². The van der Waals surface area contributed by atoms with Crippen LogP contribution in [0.3, 0.4) is 0 Å². The molecule has 0 heterocycles. The molecule has 0 saturated heterocycles. The number of hydrogen-bond donors (Lipinski definition) is 1. The molecule has 1 aliphatic carbocycles. The van der Waals surface area contributed by atoms with Crippen LogP contribution in [0.1, 0.15) is 72.1 Å². The van der Waals surface area contributed by atoms with E-state index in [0.717, 1.165) is 19.3 Å². The first-order chi connectivity index (χ1) is 12.2. The molecule has 0 aliphatic heterocycles. The number of carbonyl (C=O) groups is 1. The Morgan fingerprint density at radius 1 is 1.04 bits per heavy atom. The predicted molar refractivity (Wildman–Crippen MR) is 86.8 cm³/mol. The van der Waals surface area contributed by atoms with Crippen molar-refractivity contribution in [3.8, 4) is 0 Å². The van der Waals surface area contributed by atoms with E-state index in [4.69, 9.17) is 4.74 Å². The van der Waals surface area contributed by atoms with Gasteiger partial charge in [0, 0.05) is 0 Å². The van der Waals surface area contributed by atoms with Gasteiger partial charge in [-0.05, 0) is 51.9 Å². The summed E-state index contributed by atoms with van der Waals surface area (Å²) in [6, 6.07) is 0. The molecule has 1 unspecified atom stereocenters. The molecule has 0 bridgehead atoms. The summed E-state index contributed by atoms with van der Waals surface area (Å²) in [5, 5.41) is 9.38. The van der Waals surface area contributed by atoms with Crippen LogP contribution in [0.4, 0.5) is 26.3 Å². The minimum absolute atomic E-state index is 0.305. The second-order valence-corrected chi connectivity index (χ2v) is 7.97. The van der Waals surface area contributed by atoms with E-state index in [-0.39, 0.29) is 5.92 Å². The average molecular weight is 406 g/mol. The van der Waals surface area contributed by atoms with Gasteiger partial charge in [-0.2, -0.15) is 26.3 Å². The Bertz CT molecular complexity index is 478. The first-order valence-corrected chi connectivity index (χ1v) is 9.22. The van der Waals surface area contributed by atoms with Crippen molar-refractivity contribution in [1.82, 2.24) is 0 Å². The summed E-state index contributed by atoms with van der Waals surface area (Å²) in [5.41, 5.74) is -5.71. The van der Waals surface area contributed by atoms with Gasteiger partial charge in [0.15, 0.2) is 0 Å². The number of esters is 1. The molecule has 1 aliphatic rings. The quantitative estimate of drug-likeness (QED) is 0.445. The molecule has 0 spiro atoms. The molecular weight excluding hydrogens is 378 g/mol. The molecule has 160 valence electrons. The van der Waals surface area contributed by atoms with Crippen LogP contribution in [0.5, 0.6) is 0 Å². The molecule has 1 N–H and O–H groups in total. The van der Waals surface area contributed by atoms with Crippen LogP contribution < -0.4 is 0 Å². The third-order valence-electron chi connectivity index (χ3n) is 5.60. The SMILES string of the molecule is CCC(C)(C)C(=O)OC(CCC(O)(C(F)(F)F)C(F)(F)F)C1CCCCC1. The van der Waals surface area contributed by atoms with Crippen molar-refractivity contribution < 1.29 is 41.0 Å². The zero-order chi connectivity index (χ0) is 21.1. The summed E-state index contributed by atoms with van der Waals surface area (Å²) in [6.07, 6.45) is -11.1. The Kier molecular flexibility index (Phi) is 7.64. The van der Waals surface area contributed by atoms with E-state index in [1.165, 1.54) is 0 Å². The fourth-order valence-corrected chi connectivity index (χ4v) is 3.13. The van der Waals surface area contributed by atoms with Crippen molar-refractivity contribution in [3.05, 3.63) is 0 Å². The number of alkyl halides is 6. The van der Waals surface area contributed by atoms with Gasteiger partial charge in [-0.3, -0.25) is 4.79 Å². The van der Waals surface area contributed by atoms with Gasteiger partial charge in [0.25, 0.3) is 5.60 Å². The monoisotopic (exact) mass is 406 g/mol. The van der Waals surface area contributed by atoms with Crippen molar-refractivity contribution in [2.24, 2.45) is 11.3 Å². The minimum atomic E-state index is -5.87. The maximum Gasteiger partial charge on any atom is 0.426 e. The highest BCUT2D eigenvalue weighted by Gasteiger charge is 2.69. The maximum atomic E-state index is 12.9. The molecular formula is C18H28F6O3. The van der Waals surface area contributed by atoms with Gasteiger partial charge in [-0.25, -0.2) is 0 Å². The normalized spacial score (nSPS) is 19.0. The van der Waals surface area contributed by atoms with Gasteiger partial charge < -0.3 is 9.84 Å². The van der Waals surface area contributed by atoms with Crippen molar-refractivity contribution in [1.29, 1.82) is 0 Å². The number of hydrogen-bond acceptors (Lipinski definition) is 3. The lowest BCUT2D eigenvalue weighted by molar-refractivity contribution is -0.370. The Morgan fingerprint density at radius 2 is 1.52 bits per heavy atom. The van der Waals surface area contributed by atoms with E-state index < -0.39 is 48.3 Å². The third-order valence-corrected chi connectivity index (χ3v) is 5.60. The molecule has 0 aromatic rings. The summed E-state index contributed by atoms with van der Waals surface area (Å²) in [5.74, 6) is -0.954. The standard InChI is InChI=1S/C18H28F6O3/c1-4-15(2,3)14(25)27-13(12-8-6-5-7-9-12)10-11-16(26,17(19,20)21)18(22,23)24/h12-13,26H,4-11H2,1-3H3. The molecule has 0 radical (unpaired) electrons. The average Bonchev–Trinajstić information content (AvgIpc) is 2.56. The number of halogens is 6. The number of rotatable bonds is 7. The molecule has 1 rings (SSSR count). The van der Waals surface area contributed by atoms with Gasteiger partial charge >= 0.3 is 18.3 Å². The van der Waals surface area contributed by atoms with E-state index in [2.05, 4.69) is 0 Å². The lowest BCUT2D eigenvalue weighted by atomic mass is 9.81. The Labute approximate surface area is 155 Å². The zero-order valence-electron chi connectivity index (χ0n) is 15.8. The smallest absolute Gasteiger partial charge is 0.426 e. The molecule has 3 nitrogen and oxygen atoms in total. The van der Waals surface area contributed by atoms with Crippen molar-refractivity contribution in [2.75, 3.05) is 0 Å². The molecule has 1 saturated carbocycles. The summed E-state index contributed by atoms with van der Waals surface area (Å²) in [7, 11) is 0. The first-order valence-electron chi connectivity index (χ1n) is 9.22. The fraction of sp³-hybridized carbons (Fsp3) is 0.944. The van der Waals surface area contributed by atoms with Crippen molar-refractivity contribution in [3.63, 3.8) is 0 Å². The summed E-state index contributed by atoms with van der Waals surface area (Å²) >= 11 is 0. The number of ether oxygens (including phenoxy) is 1. The minimum Gasteiger partial charge on any atom is -0.462 e. The lowest BCUT2D eigenvalue weighted by Gasteiger charge is -2.36. The van der Waals surface area contributed by atoms with Crippen LogP contribution in [0, 0.1) is 11.3 Å². The molecule has 1 fully saturated rings. The van der Waals surface area contributed by atoms with Crippen molar-refractivity contribution >= 4 is 5.97 Å². The zero-order valence-corrected chi connectivity index (χ0v) is 15.8. The first kappa shape index (κ1) is 24.0. The van der Waals surface area contributed by atoms with Crippen LogP contribution in [0.2, 0.25) is 0 Å². The number of carbonyl (C=O) groups excluding carboxylic acids is 1. The van der Waals surface area contributed by atoms with Gasteiger partial charge in [0.05, 0.1) is 5.41 Å². The summed E-state index contributed by atoms with van der Waals surface area (Å²) in [6.45, 7) is 4.95. The highest BCUT2D eigenvalue weighted by Crippen LogP contribution is 2.47. The second-order valence-electron chi connectivity index (χ2n) is 7.97. The van der Waals surface area contributed by atoms with E-state index >= 15 is 0 Å². The topological polar surface area (TPSA) is 46.5 Å². The van der Waals surface area contributed by atoms with E-state index in [1.807, 2.05) is 0 Å². The fourth-order valence-electron chi connectivity index (χ4n) is 3.13. The van der Waals surface area contributed by atoms with Crippen LogP contribution >= 0.6 is 0 Å². The van der Waals surface area contributed by atoms with Crippen LogP contribution in [0.15, 0.2) is 0 Å². The Morgan fingerprint density at radius 3 is 1.93 bits per heavy atom.